The monoisotopic (exact) mass is 303 g/mol. The van der Waals surface area contributed by atoms with E-state index in [0.717, 1.165) is 5.69 Å². The molecule has 0 aliphatic carbocycles. The minimum absolute atomic E-state index is 0.0754. The van der Waals surface area contributed by atoms with E-state index in [2.05, 4.69) is 37.4 Å². The molecule has 0 saturated carbocycles. The average molecular weight is 304 g/mol. The van der Waals surface area contributed by atoms with Gasteiger partial charge < -0.3 is 10.4 Å². The zero-order valence-electron chi connectivity index (χ0n) is 12.3. The Hall–Kier alpha value is -2.00. The van der Waals surface area contributed by atoms with Crippen molar-refractivity contribution in [3.8, 4) is 0 Å². The van der Waals surface area contributed by atoms with Crippen LogP contribution < -0.4 is 5.32 Å². The van der Waals surface area contributed by atoms with Gasteiger partial charge in [0.05, 0.1) is 10.6 Å². The summed E-state index contributed by atoms with van der Waals surface area (Å²) >= 11 is 5.88. The Morgan fingerprint density at radius 1 is 1.14 bits per heavy atom. The summed E-state index contributed by atoms with van der Waals surface area (Å²) < 4.78 is 0. The molecular formula is C17H18ClNO2. The maximum atomic E-state index is 11.1. The SMILES string of the molecule is Cc1cc(C)cc(C(C)Nc2ccc(Cl)c(C(=O)O)c2)c1. The van der Waals surface area contributed by atoms with E-state index in [9.17, 15) is 4.79 Å². The number of nitrogens with one attached hydrogen (secondary N) is 1. The zero-order valence-corrected chi connectivity index (χ0v) is 13.0. The van der Waals surface area contributed by atoms with Crippen LogP contribution in [0.1, 0.15) is 40.0 Å². The van der Waals surface area contributed by atoms with Crippen molar-refractivity contribution >= 4 is 23.3 Å². The van der Waals surface area contributed by atoms with Crippen molar-refractivity contribution in [1.82, 2.24) is 0 Å². The highest BCUT2D eigenvalue weighted by molar-refractivity contribution is 6.33. The topological polar surface area (TPSA) is 49.3 Å². The number of hydrogen-bond acceptors (Lipinski definition) is 2. The molecule has 0 aliphatic rings. The molecule has 0 saturated heterocycles. The Morgan fingerprint density at radius 2 is 1.76 bits per heavy atom. The highest BCUT2D eigenvalue weighted by Crippen LogP contribution is 2.25. The molecular weight excluding hydrogens is 286 g/mol. The Morgan fingerprint density at radius 3 is 2.33 bits per heavy atom. The Balaban J connectivity index is 2.25. The van der Waals surface area contributed by atoms with Crippen LogP contribution in [0.5, 0.6) is 0 Å². The first kappa shape index (κ1) is 15.4. The maximum Gasteiger partial charge on any atom is 0.337 e. The third-order valence-corrected chi connectivity index (χ3v) is 3.65. The van der Waals surface area contributed by atoms with Crippen LogP contribution >= 0.6 is 11.6 Å². The van der Waals surface area contributed by atoms with Gasteiger partial charge in [-0.05, 0) is 44.5 Å². The summed E-state index contributed by atoms with van der Waals surface area (Å²) in [6.45, 7) is 6.17. The van der Waals surface area contributed by atoms with Crippen molar-refractivity contribution in [1.29, 1.82) is 0 Å². The third kappa shape index (κ3) is 3.76. The standard InChI is InChI=1S/C17H18ClNO2/c1-10-6-11(2)8-13(7-10)12(3)19-14-4-5-16(18)15(9-14)17(20)21/h4-9,12,19H,1-3H3,(H,20,21). The fourth-order valence-corrected chi connectivity index (χ4v) is 2.57. The van der Waals surface area contributed by atoms with Crippen LogP contribution in [0.15, 0.2) is 36.4 Å². The van der Waals surface area contributed by atoms with Crippen LogP contribution in [0.3, 0.4) is 0 Å². The fraction of sp³-hybridized carbons (Fsp3) is 0.235. The molecule has 0 radical (unpaired) electrons. The second kappa shape index (κ2) is 6.19. The molecule has 0 spiro atoms. The summed E-state index contributed by atoms with van der Waals surface area (Å²) in [4.78, 5) is 11.1. The van der Waals surface area contributed by atoms with Crippen molar-refractivity contribution in [3.63, 3.8) is 0 Å². The van der Waals surface area contributed by atoms with Crippen molar-refractivity contribution in [2.75, 3.05) is 5.32 Å². The quantitative estimate of drug-likeness (QED) is 0.850. The summed E-state index contributed by atoms with van der Waals surface area (Å²) in [5, 5.41) is 12.7. The van der Waals surface area contributed by atoms with Gasteiger partial charge in [0.25, 0.3) is 0 Å². The number of carbonyl (C=O) groups is 1. The van der Waals surface area contributed by atoms with Gasteiger partial charge in [-0.2, -0.15) is 0 Å². The lowest BCUT2D eigenvalue weighted by atomic mass is 10.0. The molecule has 1 unspecified atom stereocenters. The van der Waals surface area contributed by atoms with Gasteiger partial charge in [-0.3, -0.25) is 0 Å². The number of carboxylic acid groups (broad SMARTS) is 1. The molecule has 21 heavy (non-hydrogen) atoms. The molecule has 0 aromatic heterocycles. The third-order valence-electron chi connectivity index (χ3n) is 3.32. The Labute approximate surface area is 129 Å². The number of aromatic carboxylic acids is 1. The number of aryl methyl sites for hydroxylation is 2. The van der Waals surface area contributed by atoms with E-state index in [1.54, 1.807) is 18.2 Å². The predicted octanol–water partition coefficient (Wildman–Crippen LogP) is 4.83. The summed E-state index contributed by atoms with van der Waals surface area (Å²) in [5.41, 5.74) is 4.43. The molecule has 0 fully saturated rings. The van der Waals surface area contributed by atoms with Crippen LogP contribution in [-0.4, -0.2) is 11.1 Å². The molecule has 0 aliphatic heterocycles. The molecule has 2 rings (SSSR count). The number of halogens is 1. The van der Waals surface area contributed by atoms with Crippen molar-refractivity contribution in [2.24, 2.45) is 0 Å². The van der Waals surface area contributed by atoms with E-state index >= 15 is 0 Å². The second-order valence-electron chi connectivity index (χ2n) is 5.29. The van der Waals surface area contributed by atoms with Crippen molar-refractivity contribution < 1.29 is 9.90 Å². The van der Waals surface area contributed by atoms with Gasteiger partial charge >= 0.3 is 5.97 Å². The molecule has 0 amide bonds. The molecule has 4 heteroatoms. The molecule has 0 heterocycles. The maximum absolute atomic E-state index is 11.1. The van der Waals surface area contributed by atoms with E-state index in [0.29, 0.717) is 0 Å². The van der Waals surface area contributed by atoms with E-state index in [4.69, 9.17) is 16.7 Å². The lowest BCUT2D eigenvalue weighted by molar-refractivity contribution is 0.0697. The second-order valence-corrected chi connectivity index (χ2v) is 5.69. The van der Waals surface area contributed by atoms with E-state index in [1.165, 1.54) is 16.7 Å². The summed E-state index contributed by atoms with van der Waals surface area (Å²) in [6, 6.07) is 11.4. The normalized spacial score (nSPS) is 12.0. The van der Waals surface area contributed by atoms with Crippen LogP contribution in [0.4, 0.5) is 5.69 Å². The largest absolute Gasteiger partial charge is 0.478 e. The molecule has 110 valence electrons. The average Bonchev–Trinajstić information content (AvgIpc) is 2.39. The van der Waals surface area contributed by atoms with E-state index in [1.807, 2.05) is 6.92 Å². The number of rotatable bonds is 4. The first-order valence-corrected chi connectivity index (χ1v) is 7.12. The lowest BCUT2D eigenvalue weighted by Crippen LogP contribution is -2.08. The summed E-state index contributed by atoms with van der Waals surface area (Å²) in [5.74, 6) is -1.03. The van der Waals surface area contributed by atoms with Gasteiger partial charge in [-0.15, -0.1) is 0 Å². The van der Waals surface area contributed by atoms with E-state index in [-0.39, 0.29) is 16.6 Å². The number of benzene rings is 2. The van der Waals surface area contributed by atoms with Crippen LogP contribution in [0, 0.1) is 13.8 Å². The van der Waals surface area contributed by atoms with Crippen LogP contribution in [0.25, 0.3) is 0 Å². The van der Waals surface area contributed by atoms with Gasteiger partial charge in [-0.25, -0.2) is 4.79 Å². The number of hydrogen-bond donors (Lipinski definition) is 2. The molecule has 2 N–H and O–H groups in total. The van der Waals surface area contributed by atoms with Gasteiger partial charge in [-0.1, -0.05) is 40.9 Å². The fourth-order valence-electron chi connectivity index (χ4n) is 2.37. The molecule has 1 atom stereocenters. The minimum atomic E-state index is -1.03. The first-order chi connectivity index (χ1) is 9.86. The summed E-state index contributed by atoms with van der Waals surface area (Å²) in [6.07, 6.45) is 0. The molecule has 2 aromatic rings. The molecule has 3 nitrogen and oxygen atoms in total. The van der Waals surface area contributed by atoms with Crippen molar-refractivity contribution in [3.05, 3.63) is 63.7 Å². The summed E-state index contributed by atoms with van der Waals surface area (Å²) in [7, 11) is 0. The smallest absolute Gasteiger partial charge is 0.337 e. The first-order valence-electron chi connectivity index (χ1n) is 6.74. The minimum Gasteiger partial charge on any atom is -0.478 e. The highest BCUT2D eigenvalue weighted by atomic mass is 35.5. The number of anilines is 1. The lowest BCUT2D eigenvalue weighted by Gasteiger charge is -2.17. The van der Waals surface area contributed by atoms with Crippen LogP contribution in [0.2, 0.25) is 5.02 Å². The van der Waals surface area contributed by atoms with Gasteiger partial charge in [0.1, 0.15) is 0 Å². The van der Waals surface area contributed by atoms with E-state index < -0.39 is 5.97 Å². The molecule has 0 bridgehead atoms. The van der Waals surface area contributed by atoms with Crippen LogP contribution in [-0.2, 0) is 0 Å². The van der Waals surface area contributed by atoms with Gasteiger partial charge in [0.2, 0.25) is 0 Å². The Bertz CT molecular complexity index is 662. The van der Waals surface area contributed by atoms with Gasteiger partial charge in [0.15, 0.2) is 0 Å². The van der Waals surface area contributed by atoms with Crippen molar-refractivity contribution in [2.45, 2.75) is 26.8 Å². The molecule has 2 aromatic carbocycles. The van der Waals surface area contributed by atoms with Gasteiger partial charge in [0, 0.05) is 11.7 Å². The number of carboxylic acids is 1. The predicted molar refractivity (Wildman–Crippen MR) is 86.4 cm³/mol. The zero-order chi connectivity index (χ0) is 15.6. The Kier molecular flexibility index (Phi) is 4.53. The highest BCUT2D eigenvalue weighted by Gasteiger charge is 2.11.